The average molecular weight is 264 g/mol. The van der Waals surface area contributed by atoms with E-state index in [-0.39, 0.29) is 11.3 Å². The molecule has 0 spiro atoms. The van der Waals surface area contributed by atoms with Crippen LogP contribution in [0.25, 0.3) is 0 Å². The van der Waals surface area contributed by atoms with Crippen LogP contribution in [0.3, 0.4) is 0 Å². The minimum atomic E-state index is -4.70. The fraction of sp³-hybridized carbons (Fsp3) is 0.200. The van der Waals surface area contributed by atoms with Gasteiger partial charge in [0.15, 0.2) is 0 Å². The first kappa shape index (κ1) is 13.3. The van der Waals surface area contributed by atoms with E-state index in [1.165, 1.54) is 6.07 Å². The molecule has 0 aliphatic carbocycles. The van der Waals surface area contributed by atoms with Gasteiger partial charge in [0.1, 0.15) is 5.75 Å². The van der Waals surface area contributed by atoms with E-state index in [0.29, 0.717) is 6.07 Å². The van der Waals surface area contributed by atoms with Crippen LogP contribution in [0.1, 0.15) is 21.5 Å². The average Bonchev–Trinajstić information content (AvgIpc) is 2.25. The third kappa shape index (κ3) is 2.68. The predicted octanol–water partition coefficient (Wildman–Crippen LogP) is 2.96. The molecule has 17 heavy (non-hydrogen) atoms. The van der Waals surface area contributed by atoms with Crippen molar-refractivity contribution < 1.29 is 22.7 Å². The van der Waals surface area contributed by atoms with E-state index in [9.17, 15) is 18.0 Å². The first-order chi connectivity index (χ1) is 7.81. The maximum atomic E-state index is 12.6. The zero-order chi connectivity index (χ0) is 13.2. The van der Waals surface area contributed by atoms with E-state index in [2.05, 4.69) is 4.74 Å². The normalized spacial score (nSPS) is 10.8. The number of alkyl halides is 3. The monoisotopic (exact) mass is 263 g/mol. The molecular formula is C10H5ClF3NO2. The van der Waals surface area contributed by atoms with Crippen LogP contribution < -0.4 is 4.74 Å². The Bertz CT molecular complexity index is 505. The highest BCUT2D eigenvalue weighted by Crippen LogP contribution is 2.36. The molecule has 0 unspecified atom stereocenters. The van der Waals surface area contributed by atoms with Crippen LogP contribution in [0.2, 0.25) is 0 Å². The van der Waals surface area contributed by atoms with Gasteiger partial charge in [0, 0.05) is 0 Å². The first-order valence-electron chi connectivity index (χ1n) is 4.20. The lowest BCUT2D eigenvalue weighted by Gasteiger charge is -2.12. The molecular weight excluding hydrogens is 259 g/mol. The van der Waals surface area contributed by atoms with Gasteiger partial charge >= 0.3 is 6.18 Å². The Hall–Kier alpha value is -1.74. The molecule has 0 aliphatic heterocycles. The largest absolute Gasteiger partial charge is 0.496 e. The van der Waals surface area contributed by atoms with E-state index in [0.717, 1.165) is 13.2 Å². The number of nitriles is 1. The molecule has 0 saturated carbocycles. The second-order valence-electron chi connectivity index (χ2n) is 2.98. The summed E-state index contributed by atoms with van der Waals surface area (Å²) >= 11 is 5.17. The van der Waals surface area contributed by atoms with Gasteiger partial charge < -0.3 is 4.74 Å². The maximum absolute atomic E-state index is 12.6. The molecule has 90 valence electrons. The molecule has 0 heterocycles. The standard InChI is InChI=1S/C10H5ClF3NO2/c1-17-8-3-7(10(12,13)14)5(4-15)2-6(8)9(11)16/h2-3H,1H3. The Balaban J connectivity index is 3.56. The molecule has 0 saturated heterocycles. The Labute approximate surface area is 99.4 Å². The predicted molar refractivity (Wildman–Crippen MR) is 52.9 cm³/mol. The van der Waals surface area contributed by atoms with Crippen LogP contribution >= 0.6 is 11.6 Å². The smallest absolute Gasteiger partial charge is 0.417 e. The van der Waals surface area contributed by atoms with Gasteiger partial charge in [-0.25, -0.2) is 0 Å². The van der Waals surface area contributed by atoms with E-state index < -0.39 is 22.5 Å². The highest BCUT2D eigenvalue weighted by atomic mass is 35.5. The minimum Gasteiger partial charge on any atom is -0.496 e. The molecule has 0 aromatic heterocycles. The van der Waals surface area contributed by atoms with Gasteiger partial charge in [-0.3, -0.25) is 4.79 Å². The molecule has 1 aromatic rings. The van der Waals surface area contributed by atoms with E-state index in [4.69, 9.17) is 16.9 Å². The Morgan fingerprint density at radius 2 is 2.06 bits per heavy atom. The van der Waals surface area contributed by atoms with E-state index >= 15 is 0 Å². The van der Waals surface area contributed by atoms with Crippen molar-refractivity contribution in [3.8, 4) is 11.8 Å². The number of methoxy groups -OCH3 is 1. The summed E-state index contributed by atoms with van der Waals surface area (Å²) in [6, 6.07) is 2.70. The molecule has 7 heteroatoms. The van der Waals surface area contributed by atoms with Crippen molar-refractivity contribution in [2.75, 3.05) is 7.11 Å². The van der Waals surface area contributed by atoms with Crippen molar-refractivity contribution in [2.24, 2.45) is 0 Å². The number of carbonyl (C=O) groups excluding carboxylic acids is 1. The molecule has 3 nitrogen and oxygen atoms in total. The van der Waals surface area contributed by atoms with Crippen LogP contribution in [0.4, 0.5) is 13.2 Å². The lowest BCUT2D eigenvalue weighted by Crippen LogP contribution is -2.10. The highest BCUT2D eigenvalue weighted by molar-refractivity contribution is 6.68. The third-order valence-corrected chi connectivity index (χ3v) is 2.18. The number of carbonyl (C=O) groups is 1. The molecule has 1 rings (SSSR count). The second kappa shape index (κ2) is 4.63. The summed E-state index contributed by atoms with van der Waals surface area (Å²) in [6.07, 6.45) is -4.70. The molecule has 0 fully saturated rings. The van der Waals surface area contributed by atoms with Crippen molar-refractivity contribution >= 4 is 16.8 Å². The molecule has 0 atom stereocenters. The lowest BCUT2D eigenvalue weighted by atomic mass is 10.0. The topological polar surface area (TPSA) is 50.1 Å². The summed E-state index contributed by atoms with van der Waals surface area (Å²) in [6.45, 7) is 0. The van der Waals surface area contributed by atoms with Crippen molar-refractivity contribution in [2.45, 2.75) is 6.18 Å². The van der Waals surface area contributed by atoms with E-state index in [1.807, 2.05) is 0 Å². The van der Waals surface area contributed by atoms with Gasteiger partial charge in [0.25, 0.3) is 5.24 Å². The molecule has 0 bridgehead atoms. The van der Waals surface area contributed by atoms with Crippen LogP contribution in [0.5, 0.6) is 5.75 Å². The lowest BCUT2D eigenvalue weighted by molar-refractivity contribution is -0.137. The summed E-state index contributed by atoms with van der Waals surface area (Å²) in [5, 5.41) is 7.61. The number of benzene rings is 1. The molecule has 0 aliphatic rings. The fourth-order valence-corrected chi connectivity index (χ4v) is 1.38. The number of hydrogen-bond acceptors (Lipinski definition) is 3. The number of hydrogen-bond donors (Lipinski definition) is 0. The van der Waals surface area contributed by atoms with Gasteiger partial charge in [-0.1, -0.05) is 0 Å². The SMILES string of the molecule is COc1cc(C(F)(F)F)c(C#N)cc1C(=O)Cl. The number of rotatable bonds is 2. The second-order valence-corrected chi connectivity index (χ2v) is 3.32. The van der Waals surface area contributed by atoms with Crippen molar-refractivity contribution in [1.29, 1.82) is 5.26 Å². The van der Waals surface area contributed by atoms with Gasteiger partial charge in [-0.2, -0.15) is 18.4 Å². The minimum absolute atomic E-state index is 0.279. The zero-order valence-electron chi connectivity index (χ0n) is 8.43. The summed E-state index contributed by atoms with van der Waals surface area (Å²) in [7, 11) is 1.10. The number of halogens is 4. The molecule has 0 amide bonds. The number of ether oxygens (including phenoxy) is 1. The Kier molecular flexibility index (Phi) is 3.63. The highest BCUT2D eigenvalue weighted by Gasteiger charge is 2.35. The first-order valence-corrected chi connectivity index (χ1v) is 4.58. The summed E-state index contributed by atoms with van der Waals surface area (Å²) in [4.78, 5) is 10.9. The Morgan fingerprint density at radius 1 is 1.47 bits per heavy atom. The number of nitrogens with zero attached hydrogens (tertiary/aromatic N) is 1. The van der Waals surface area contributed by atoms with Gasteiger partial charge in [-0.05, 0) is 23.7 Å². The summed E-state index contributed by atoms with van der Waals surface area (Å²) in [5.74, 6) is -0.323. The molecule has 0 radical (unpaired) electrons. The maximum Gasteiger partial charge on any atom is 0.417 e. The van der Waals surface area contributed by atoms with Crippen molar-refractivity contribution in [3.05, 3.63) is 28.8 Å². The third-order valence-electron chi connectivity index (χ3n) is 1.98. The Morgan fingerprint density at radius 3 is 2.41 bits per heavy atom. The summed E-state index contributed by atoms with van der Waals surface area (Å²) < 4.78 is 42.3. The summed E-state index contributed by atoms with van der Waals surface area (Å²) in [5.41, 5.74) is -2.13. The quantitative estimate of drug-likeness (QED) is 0.771. The van der Waals surface area contributed by atoms with Crippen LogP contribution in [0, 0.1) is 11.3 Å². The fourth-order valence-electron chi connectivity index (χ4n) is 1.23. The molecule has 1 aromatic carbocycles. The van der Waals surface area contributed by atoms with Crippen LogP contribution in [0.15, 0.2) is 12.1 Å². The van der Waals surface area contributed by atoms with Crippen LogP contribution in [-0.2, 0) is 6.18 Å². The van der Waals surface area contributed by atoms with Gasteiger partial charge in [-0.15, -0.1) is 0 Å². The van der Waals surface area contributed by atoms with E-state index in [1.54, 1.807) is 0 Å². The van der Waals surface area contributed by atoms with Crippen molar-refractivity contribution in [3.63, 3.8) is 0 Å². The molecule has 0 N–H and O–H groups in total. The van der Waals surface area contributed by atoms with Crippen LogP contribution in [-0.4, -0.2) is 12.4 Å². The van der Waals surface area contributed by atoms with Crippen molar-refractivity contribution in [1.82, 2.24) is 0 Å². The van der Waals surface area contributed by atoms with Gasteiger partial charge in [0.05, 0.1) is 29.9 Å². The van der Waals surface area contributed by atoms with Gasteiger partial charge in [0.2, 0.25) is 0 Å². The zero-order valence-corrected chi connectivity index (χ0v) is 9.19.